The molecule has 5 heteroatoms. The lowest BCUT2D eigenvalue weighted by Gasteiger charge is -2.12. The van der Waals surface area contributed by atoms with Crippen molar-refractivity contribution in [3.05, 3.63) is 83.6 Å². The maximum absolute atomic E-state index is 12.6. The van der Waals surface area contributed by atoms with Gasteiger partial charge in [-0.15, -0.1) is 0 Å². The Morgan fingerprint density at radius 1 is 0.862 bits per heavy atom. The highest BCUT2D eigenvalue weighted by Gasteiger charge is 2.16. The fourth-order valence-corrected chi connectivity index (χ4v) is 3.00. The van der Waals surface area contributed by atoms with Gasteiger partial charge < -0.3 is 14.8 Å². The predicted octanol–water partition coefficient (Wildman–Crippen LogP) is 4.57. The van der Waals surface area contributed by atoms with Crippen LogP contribution in [0.5, 0.6) is 5.75 Å². The van der Waals surface area contributed by atoms with Crippen molar-refractivity contribution >= 4 is 28.7 Å². The van der Waals surface area contributed by atoms with Gasteiger partial charge in [0.1, 0.15) is 11.4 Å². The summed E-state index contributed by atoms with van der Waals surface area (Å²) in [6, 6.07) is 20.2. The number of ether oxygens (including phenoxy) is 2. The van der Waals surface area contributed by atoms with Crippen LogP contribution in [0.1, 0.15) is 29.8 Å². The van der Waals surface area contributed by atoms with Gasteiger partial charge in [0.25, 0.3) is 5.91 Å². The zero-order chi connectivity index (χ0) is 20.6. The number of nitrogens with one attached hydrogen (secondary N) is 1. The van der Waals surface area contributed by atoms with E-state index >= 15 is 0 Å². The lowest BCUT2D eigenvalue weighted by molar-refractivity contribution is -0.138. The minimum Gasteiger partial charge on any atom is -0.493 e. The van der Waals surface area contributed by atoms with E-state index in [4.69, 9.17) is 9.47 Å². The van der Waals surface area contributed by atoms with E-state index in [1.165, 1.54) is 0 Å². The molecule has 3 aromatic carbocycles. The summed E-state index contributed by atoms with van der Waals surface area (Å²) in [5, 5.41) is 4.53. The predicted molar refractivity (Wildman–Crippen MR) is 114 cm³/mol. The normalized spacial score (nSPS) is 11.2. The van der Waals surface area contributed by atoms with Crippen LogP contribution in [-0.4, -0.2) is 25.1 Å². The molecule has 0 bridgehead atoms. The molecule has 0 aromatic heterocycles. The van der Waals surface area contributed by atoms with Gasteiger partial charge in [0.05, 0.1) is 13.2 Å². The highest BCUT2D eigenvalue weighted by Crippen LogP contribution is 2.29. The second-order valence-corrected chi connectivity index (χ2v) is 6.23. The molecule has 3 rings (SSSR count). The van der Waals surface area contributed by atoms with Gasteiger partial charge >= 0.3 is 5.97 Å². The summed E-state index contributed by atoms with van der Waals surface area (Å²) in [7, 11) is 0. The summed E-state index contributed by atoms with van der Waals surface area (Å²) >= 11 is 0. The van der Waals surface area contributed by atoms with Crippen molar-refractivity contribution in [3.63, 3.8) is 0 Å². The van der Waals surface area contributed by atoms with Crippen molar-refractivity contribution in [3.8, 4) is 5.75 Å². The third-order valence-electron chi connectivity index (χ3n) is 4.30. The Bertz CT molecular complexity index is 1040. The molecule has 0 aliphatic heterocycles. The molecule has 0 spiro atoms. The van der Waals surface area contributed by atoms with Crippen molar-refractivity contribution in [2.45, 2.75) is 13.8 Å². The van der Waals surface area contributed by atoms with Gasteiger partial charge in [-0.3, -0.25) is 4.79 Å². The van der Waals surface area contributed by atoms with Crippen molar-refractivity contribution in [2.75, 3.05) is 13.2 Å². The second-order valence-electron chi connectivity index (χ2n) is 6.23. The van der Waals surface area contributed by atoms with Crippen molar-refractivity contribution in [2.24, 2.45) is 0 Å². The van der Waals surface area contributed by atoms with Gasteiger partial charge in [0.15, 0.2) is 0 Å². The zero-order valence-electron chi connectivity index (χ0n) is 16.5. The van der Waals surface area contributed by atoms with E-state index in [9.17, 15) is 9.59 Å². The largest absolute Gasteiger partial charge is 0.493 e. The molecule has 0 saturated carbocycles. The number of fused-ring (bicyclic) bond motifs is 1. The Kier molecular flexibility index (Phi) is 6.63. The van der Waals surface area contributed by atoms with E-state index in [0.717, 1.165) is 22.1 Å². The number of hydrogen-bond donors (Lipinski definition) is 1. The van der Waals surface area contributed by atoms with Crippen molar-refractivity contribution < 1.29 is 19.1 Å². The van der Waals surface area contributed by atoms with Crippen LogP contribution in [0.2, 0.25) is 0 Å². The quantitative estimate of drug-likeness (QED) is 0.475. The van der Waals surface area contributed by atoms with Gasteiger partial charge in [0.2, 0.25) is 0 Å². The van der Waals surface area contributed by atoms with Crippen LogP contribution in [0.25, 0.3) is 16.8 Å². The first-order chi connectivity index (χ1) is 14.1. The van der Waals surface area contributed by atoms with Gasteiger partial charge in [0, 0.05) is 10.9 Å². The average molecular weight is 389 g/mol. The smallest absolute Gasteiger partial charge is 0.354 e. The third kappa shape index (κ3) is 4.82. The summed E-state index contributed by atoms with van der Waals surface area (Å²) in [6.07, 6.45) is 1.64. The minimum atomic E-state index is -0.588. The van der Waals surface area contributed by atoms with Crippen LogP contribution in [0.15, 0.2) is 72.4 Å². The Morgan fingerprint density at radius 2 is 1.55 bits per heavy atom. The third-order valence-corrected chi connectivity index (χ3v) is 4.30. The van der Waals surface area contributed by atoms with Crippen LogP contribution < -0.4 is 10.1 Å². The standard InChI is InChI=1S/C24H23NO4/c1-3-28-22-15-14-18(19-12-8-9-13-20(19)22)16-21(24(27)29-4-2)25-23(26)17-10-6-5-7-11-17/h5-16H,3-4H2,1-2H3,(H,25,26). The molecule has 0 saturated heterocycles. The molecule has 0 radical (unpaired) electrons. The summed E-state index contributed by atoms with van der Waals surface area (Å²) in [6.45, 7) is 4.42. The molecule has 29 heavy (non-hydrogen) atoms. The summed E-state index contributed by atoms with van der Waals surface area (Å²) in [5.41, 5.74) is 1.31. The minimum absolute atomic E-state index is 0.0787. The molecule has 1 N–H and O–H groups in total. The van der Waals surface area contributed by atoms with Crippen LogP contribution in [0.3, 0.4) is 0 Å². The van der Waals surface area contributed by atoms with Crippen LogP contribution >= 0.6 is 0 Å². The molecule has 3 aromatic rings. The number of carbonyl (C=O) groups excluding carboxylic acids is 2. The lowest BCUT2D eigenvalue weighted by atomic mass is 10.0. The fraction of sp³-hybridized carbons (Fsp3) is 0.167. The first-order valence-corrected chi connectivity index (χ1v) is 9.53. The first kappa shape index (κ1) is 20.1. The molecule has 0 fully saturated rings. The highest BCUT2D eigenvalue weighted by molar-refractivity contribution is 6.05. The monoisotopic (exact) mass is 389 g/mol. The van der Waals surface area contributed by atoms with E-state index in [1.807, 2.05) is 49.4 Å². The Morgan fingerprint density at radius 3 is 2.24 bits per heavy atom. The number of hydrogen-bond acceptors (Lipinski definition) is 4. The maximum atomic E-state index is 12.6. The van der Waals surface area contributed by atoms with Crippen molar-refractivity contribution in [1.29, 1.82) is 0 Å². The number of rotatable bonds is 7. The van der Waals surface area contributed by atoms with Gasteiger partial charge in [-0.1, -0.05) is 48.5 Å². The summed E-state index contributed by atoms with van der Waals surface area (Å²) < 4.78 is 10.8. The van der Waals surface area contributed by atoms with Crippen LogP contribution in [0, 0.1) is 0 Å². The molecular formula is C24H23NO4. The zero-order valence-corrected chi connectivity index (χ0v) is 16.5. The molecule has 0 aliphatic carbocycles. The summed E-state index contributed by atoms with van der Waals surface area (Å²) in [5.74, 6) is -0.193. The SMILES string of the molecule is CCOC(=O)C(=Cc1ccc(OCC)c2ccccc12)NC(=O)c1ccccc1. The second kappa shape index (κ2) is 9.55. The number of esters is 1. The maximum Gasteiger partial charge on any atom is 0.354 e. The Balaban J connectivity index is 2.03. The van der Waals surface area contributed by atoms with E-state index < -0.39 is 5.97 Å². The summed E-state index contributed by atoms with van der Waals surface area (Å²) in [4.78, 5) is 25.1. The molecule has 148 valence electrons. The topological polar surface area (TPSA) is 64.6 Å². The van der Waals surface area contributed by atoms with E-state index in [0.29, 0.717) is 12.2 Å². The lowest BCUT2D eigenvalue weighted by Crippen LogP contribution is -2.28. The highest BCUT2D eigenvalue weighted by atomic mass is 16.5. The van der Waals surface area contributed by atoms with E-state index in [-0.39, 0.29) is 18.2 Å². The van der Waals surface area contributed by atoms with Gasteiger partial charge in [-0.2, -0.15) is 0 Å². The van der Waals surface area contributed by atoms with Gasteiger partial charge in [-0.05, 0) is 49.1 Å². The van der Waals surface area contributed by atoms with E-state index in [1.54, 1.807) is 37.3 Å². The molecule has 0 atom stereocenters. The molecular weight excluding hydrogens is 366 g/mol. The first-order valence-electron chi connectivity index (χ1n) is 9.53. The Labute approximate surface area is 170 Å². The fourth-order valence-electron chi connectivity index (χ4n) is 3.00. The molecule has 1 amide bonds. The number of amides is 1. The van der Waals surface area contributed by atoms with Crippen LogP contribution in [-0.2, 0) is 9.53 Å². The Hall–Kier alpha value is -3.60. The molecule has 5 nitrogen and oxygen atoms in total. The number of benzene rings is 3. The molecule has 0 heterocycles. The molecule has 0 unspecified atom stereocenters. The average Bonchev–Trinajstić information content (AvgIpc) is 2.75. The molecule has 0 aliphatic rings. The van der Waals surface area contributed by atoms with Crippen molar-refractivity contribution in [1.82, 2.24) is 5.32 Å². The van der Waals surface area contributed by atoms with Gasteiger partial charge in [-0.25, -0.2) is 4.79 Å². The van der Waals surface area contributed by atoms with E-state index in [2.05, 4.69) is 5.32 Å². The van der Waals surface area contributed by atoms with Crippen LogP contribution in [0.4, 0.5) is 0 Å². The number of carbonyl (C=O) groups is 2.